The van der Waals surface area contributed by atoms with Crippen LogP contribution in [0.25, 0.3) is 0 Å². The summed E-state index contributed by atoms with van der Waals surface area (Å²) in [6.07, 6.45) is 5.10. The lowest BCUT2D eigenvalue weighted by Gasteiger charge is -2.25. The highest BCUT2D eigenvalue weighted by Gasteiger charge is 2.31. The second-order valence-corrected chi connectivity index (χ2v) is 15.5. The zero-order valence-corrected chi connectivity index (χ0v) is 28.0. The summed E-state index contributed by atoms with van der Waals surface area (Å²) >= 11 is 14.1. The third-order valence-corrected chi connectivity index (χ3v) is 10.1. The Labute approximate surface area is 276 Å². The van der Waals surface area contributed by atoms with Crippen molar-refractivity contribution >= 4 is 78.4 Å². The summed E-state index contributed by atoms with van der Waals surface area (Å²) in [5, 5.41) is 5.69. The number of nitrogens with zero attached hydrogens (tertiary/aromatic N) is 2. The predicted molar refractivity (Wildman–Crippen MR) is 176 cm³/mol. The van der Waals surface area contributed by atoms with Gasteiger partial charge in [0.25, 0.3) is 20.2 Å². The van der Waals surface area contributed by atoms with E-state index < -0.39 is 43.6 Å². The number of carbonyl (C=O) groups excluding carboxylic acids is 2. The molecule has 0 aromatic heterocycles. The van der Waals surface area contributed by atoms with E-state index in [0.717, 1.165) is 33.1 Å². The molecule has 0 saturated carbocycles. The number of carbonyl (C=O) groups is 2. The molecule has 2 aliphatic heterocycles. The molecule has 0 fully saturated rings. The van der Waals surface area contributed by atoms with Gasteiger partial charge in [0, 0.05) is 45.8 Å². The molecule has 2 aliphatic rings. The van der Waals surface area contributed by atoms with Crippen molar-refractivity contribution < 1.29 is 35.5 Å². The molecule has 4 rings (SSSR count). The van der Waals surface area contributed by atoms with Crippen LogP contribution in [-0.2, 0) is 36.2 Å². The minimum Gasteiger partial charge on any atom is -0.353 e. The van der Waals surface area contributed by atoms with Gasteiger partial charge >= 0.3 is 0 Å². The first-order valence-electron chi connectivity index (χ1n) is 13.8. The van der Waals surface area contributed by atoms with Gasteiger partial charge in [0.1, 0.15) is 6.54 Å². The number of hydrogen-bond donors (Lipinski definition) is 4. The quantitative estimate of drug-likeness (QED) is 0.223. The molecule has 0 spiro atoms. The van der Waals surface area contributed by atoms with E-state index in [1.54, 1.807) is 24.3 Å². The van der Waals surface area contributed by atoms with Crippen molar-refractivity contribution in [2.75, 3.05) is 47.5 Å². The minimum atomic E-state index is -4.23. The van der Waals surface area contributed by atoms with E-state index in [2.05, 4.69) is 10.6 Å². The molecule has 2 aromatic rings. The zero-order chi connectivity index (χ0) is 32.9. The molecule has 0 bridgehead atoms. The smallest absolute Gasteiger partial charge is 0.266 e. The maximum Gasteiger partial charge on any atom is 0.266 e. The van der Waals surface area contributed by atoms with Gasteiger partial charge in [-0.3, -0.25) is 18.7 Å². The molecule has 17 heteroatoms. The molecular weight excluding hydrogens is 687 g/mol. The number of thioether (sulfide) groups is 1. The molecule has 45 heavy (non-hydrogen) atoms. The molecule has 4 N–H and O–H groups in total. The van der Waals surface area contributed by atoms with Crippen molar-refractivity contribution in [3.63, 3.8) is 0 Å². The Balaban J connectivity index is 1.59. The summed E-state index contributed by atoms with van der Waals surface area (Å²) in [4.78, 5) is 30.1. The molecule has 2 heterocycles. The molecule has 1 unspecified atom stereocenters. The lowest BCUT2D eigenvalue weighted by molar-refractivity contribution is -0.120. The molecule has 0 aliphatic carbocycles. The van der Waals surface area contributed by atoms with Gasteiger partial charge in [-0.1, -0.05) is 48.0 Å². The van der Waals surface area contributed by atoms with E-state index >= 15 is 0 Å². The monoisotopic (exact) mass is 718 g/mol. The number of allylic oxidation sites excluding steroid dienone is 3. The number of fused-ring (bicyclic) bond motifs is 2. The van der Waals surface area contributed by atoms with Crippen molar-refractivity contribution in [3.8, 4) is 0 Å². The van der Waals surface area contributed by atoms with Crippen LogP contribution in [-0.4, -0.2) is 80.8 Å². The van der Waals surface area contributed by atoms with Gasteiger partial charge in [0.2, 0.25) is 11.8 Å². The molecule has 1 atom stereocenters. The molecule has 12 nitrogen and oxygen atoms in total. The Bertz CT molecular complexity index is 1750. The fourth-order valence-corrected chi connectivity index (χ4v) is 7.17. The van der Waals surface area contributed by atoms with Crippen LogP contribution in [0, 0.1) is 0 Å². The number of halogens is 2. The molecule has 0 saturated heterocycles. The van der Waals surface area contributed by atoms with Gasteiger partial charge in [-0.25, -0.2) is 0 Å². The van der Waals surface area contributed by atoms with Gasteiger partial charge in [0.15, 0.2) is 0 Å². The van der Waals surface area contributed by atoms with Gasteiger partial charge in [-0.2, -0.15) is 16.8 Å². The van der Waals surface area contributed by atoms with E-state index in [0.29, 0.717) is 22.9 Å². The van der Waals surface area contributed by atoms with Crippen LogP contribution in [0.4, 0.5) is 11.4 Å². The van der Waals surface area contributed by atoms with Crippen molar-refractivity contribution in [2.24, 2.45) is 0 Å². The fourth-order valence-electron chi connectivity index (χ4n) is 4.86. The van der Waals surface area contributed by atoms with Gasteiger partial charge in [-0.15, -0.1) is 0 Å². The van der Waals surface area contributed by atoms with Crippen molar-refractivity contribution in [1.82, 2.24) is 10.6 Å². The van der Waals surface area contributed by atoms with Crippen LogP contribution in [0.3, 0.4) is 0 Å². The average molecular weight is 720 g/mol. The third kappa shape index (κ3) is 10.1. The molecule has 2 amide bonds. The average Bonchev–Trinajstić information content (AvgIpc) is 3.43. The Morgan fingerprint density at radius 3 is 2.11 bits per heavy atom. The lowest BCUT2D eigenvalue weighted by atomic mass is 10.1. The maximum atomic E-state index is 12.8. The summed E-state index contributed by atoms with van der Waals surface area (Å²) in [6.45, 7) is 1.29. The Morgan fingerprint density at radius 2 is 1.51 bits per heavy atom. The number of benzene rings is 2. The Kier molecular flexibility index (Phi) is 11.5. The number of rotatable bonds is 13. The fraction of sp³-hybridized carbons (Fsp3) is 0.357. The van der Waals surface area contributed by atoms with E-state index in [-0.39, 0.29) is 31.6 Å². The van der Waals surface area contributed by atoms with Gasteiger partial charge in [-0.05, 0) is 60.0 Å². The first-order chi connectivity index (χ1) is 21.1. The van der Waals surface area contributed by atoms with Crippen LogP contribution in [0.15, 0.2) is 64.7 Å². The van der Waals surface area contributed by atoms with Crippen molar-refractivity contribution in [1.29, 1.82) is 0 Å². The zero-order valence-electron chi connectivity index (χ0n) is 24.1. The van der Waals surface area contributed by atoms with Crippen LogP contribution in [0.1, 0.15) is 18.9 Å². The highest BCUT2D eigenvalue weighted by Crippen LogP contribution is 2.45. The second-order valence-electron chi connectivity index (χ2n) is 10.3. The van der Waals surface area contributed by atoms with E-state index in [4.69, 9.17) is 32.3 Å². The van der Waals surface area contributed by atoms with E-state index in [1.165, 1.54) is 11.8 Å². The van der Waals surface area contributed by atoms with Crippen LogP contribution < -0.4 is 20.4 Å². The van der Waals surface area contributed by atoms with Crippen LogP contribution in [0.2, 0.25) is 10.0 Å². The normalized spacial score (nSPS) is 17.4. The Hall–Kier alpha value is -2.79. The third-order valence-electron chi connectivity index (χ3n) is 6.94. The summed E-state index contributed by atoms with van der Waals surface area (Å²) in [6, 6.07) is 10.8. The number of nitrogens with one attached hydrogen (secondary N) is 2. The number of amides is 2. The van der Waals surface area contributed by atoms with E-state index in [1.807, 2.05) is 41.0 Å². The highest BCUT2D eigenvalue weighted by molar-refractivity contribution is 8.00. The van der Waals surface area contributed by atoms with Crippen molar-refractivity contribution in [3.05, 3.63) is 75.4 Å². The van der Waals surface area contributed by atoms with Gasteiger partial charge < -0.3 is 20.4 Å². The summed E-state index contributed by atoms with van der Waals surface area (Å²) < 4.78 is 62.2. The summed E-state index contributed by atoms with van der Waals surface area (Å²) in [5.41, 5.74) is 4.16. The van der Waals surface area contributed by atoms with Crippen LogP contribution >= 0.6 is 35.0 Å². The van der Waals surface area contributed by atoms with Crippen molar-refractivity contribution in [2.45, 2.75) is 30.0 Å². The highest BCUT2D eigenvalue weighted by atomic mass is 35.5. The number of hydrogen-bond acceptors (Lipinski definition) is 9. The Morgan fingerprint density at radius 1 is 0.933 bits per heavy atom. The SMILES string of the molecule is CCC(=C\C1Sc2ccc(Cl)cc2N1CC(=O)NCCS(=O)(=O)O)/C=C1\Cc2ccc(Cl)cc2N1CC(=O)NCCS(=O)(=O)O. The standard InChI is InChI=1S/C28H32Cl2N4O8S3/c1-2-18(11-22-13-19-3-4-20(29)14-23(19)33(22)16-26(35)31-7-9-44(37,38)39)12-28-34(17-27(36)32-8-10-45(40,41)42)24-15-21(30)5-6-25(24)43-28/h3-6,11-12,14-15,28H,2,7-10,13,16-17H2,1H3,(H,31,35)(H,32,36)(H,37,38,39)(H,40,41,42)/b18-12+,22-11+. The minimum absolute atomic E-state index is 0.0969. The molecule has 0 radical (unpaired) electrons. The molecule has 244 valence electrons. The topological polar surface area (TPSA) is 173 Å². The molecule has 2 aromatic carbocycles. The summed E-state index contributed by atoms with van der Waals surface area (Å²) in [7, 11) is -8.45. The van der Waals surface area contributed by atoms with Gasteiger partial charge in [0.05, 0.1) is 29.1 Å². The predicted octanol–water partition coefficient (Wildman–Crippen LogP) is 3.52. The first kappa shape index (κ1) is 35.1. The largest absolute Gasteiger partial charge is 0.353 e. The molecular formula is C28H32Cl2N4O8S3. The second kappa shape index (κ2) is 14.8. The maximum absolute atomic E-state index is 12.8. The first-order valence-corrected chi connectivity index (χ1v) is 18.6. The summed E-state index contributed by atoms with van der Waals surface area (Å²) in [5.74, 6) is -2.08. The van der Waals surface area contributed by atoms with Crippen LogP contribution in [0.5, 0.6) is 0 Å². The lowest BCUT2D eigenvalue weighted by Crippen LogP contribution is -2.41. The van der Waals surface area contributed by atoms with E-state index in [9.17, 15) is 26.4 Å². The number of anilines is 2.